The number of carbonyl (C=O) groups is 2. The largest absolute Gasteiger partial charge is 0.351 e. The van der Waals surface area contributed by atoms with Gasteiger partial charge in [-0.05, 0) is 159 Å². The number of hydrogen-bond acceptors (Lipinski definition) is 12. The second-order valence-corrected chi connectivity index (χ2v) is 21.9. The number of rotatable bonds is 20. The summed E-state index contributed by atoms with van der Waals surface area (Å²) < 4.78 is 66.6. The zero-order valence-electron chi connectivity index (χ0n) is 39.8. The van der Waals surface area contributed by atoms with E-state index in [4.69, 9.17) is 32.9 Å². The van der Waals surface area contributed by atoms with Crippen molar-refractivity contribution in [2.24, 2.45) is 0 Å². The molecule has 0 aliphatic carbocycles. The summed E-state index contributed by atoms with van der Waals surface area (Å²) in [6.45, 7) is 14.5. The van der Waals surface area contributed by atoms with Gasteiger partial charge in [-0.15, -0.1) is 0 Å². The normalized spacial score (nSPS) is 12.9. The van der Waals surface area contributed by atoms with Crippen LogP contribution in [0.25, 0.3) is 98.0 Å². The van der Waals surface area contributed by atoms with Crippen molar-refractivity contribution in [2.75, 3.05) is 63.9 Å². The van der Waals surface area contributed by atoms with Crippen LogP contribution >= 0.6 is 0 Å². The molecule has 11 aromatic rings. The molecule has 4 radical (unpaired) electrons. The maximum Gasteiger partial charge on any atom is 0.264 e. The number of nitrogens with zero attached hydrogens (tertiary/aromatic N) is 6. The molecule has 0 saturated carbocycles. The third kappa shape index (κ3) is 8.63. The van der Waals surface area contributed by atoms with Crippen LogP contribution in [0.2, 0.25) is 0 Å². The first-order chi connectivity index (χ1) is 35.5. The highest BCUT2D eigenvalue weighted by molar-refractivity contribution is 7.86. The maximum atomic E-state index is 14.7. The molecule has 20 heteroatoms. The summed E-state index contributed by atoms with van der Waals surface area (Å²) in [6, 6.07) is 25.6. The van der Waals surface area contributed by atoms with Crippen LogP contribution in [-0.2, 0) is 20.2 Å². The molecule has 0 bridgehead atoms. The Balaban J connectivity index is 0.934. The van der Waals surface area contributed by atoms with Crippen LogP contribution in [0.5, 0.6) is 0 Å². The smallest absolute Gasteiger partial charge is 0.264 e. The van der Waals surface area contributed by atoms with Gasteiger partial charge in [0.15, 0.2) is 0 Å². The van der Waals surface area contributed by atoms with Crippen LogP contribution in [0, 0.1) is 13.8 Å². The zero-order chi connectivity index (χ0) is 51.8. The van der Waals surface area contributed by atoms with Crippen molar-refractivity contribution < 1.29 is 35.5 Å². The van der Waals surface area contributed by atoms with Gasteiger partial charge in [-0.2, -0.15) is 16.8 Å². The minimum atomic E-state index is -4.21. The Hall–Kier alpha value is -7.20. The van der Waals surface area contributed by atoms with Gasteiger partial charge in [0.1, 0.15) is 11.3 Å². The summed E-state index contributed by atoms with van der Waals surface area (Å²) in [5, 5.41) is 15.1. The lowest BCUT2D eigenvalue weighted by Gasteiger charge is -2.22. The van der Waals surface area contributed by atoms with Gasteiger partial charge in [0, 0.05) is 69.6 Å². The molecule has 0 spiro atoms. The summed E-state index contributed by atoms with van der Waals surface area (Å²) in [5.41, 5.74) is 3.04. The van der Waals surface area contributed by atoms with Crippen molar-refractivity contribution in [2.45, 2.75) is 25.7 Å². The van der Waals surface area contributed by atoms with Crippen molar-refractivity contribution in [3.05, 3.63) is 131 Å². The number of carbonyl (C=O) groups excluding carboxylic acids is 2. The van der Waals surface area contributed by atoms with Gasteiger partial charge in [0.2, 0.25) is 0 Å². The van der Waals surface area contributed by atoms with E-state index in [1.165, 1.54) is 0 Å². The highest BCUT2D eigenvalue weighted by atomic mass is 32.2. The van der Waals surface area contributed by atoms with Crippen molar-refractivity contribution in [3.8, 4) is 0 Å². The SMILES string of the molecule is [CH]CCN(CC[CH])CCNC(=O)c1ccc2nc3c4ccc5c6ccc7c8c(ccc(c9ccc(c(=O)n3c2c1)c4c95)c68)c(=O)n1c2ccc(C(=O)NCCN(CCCS(=O)(=O)O)CCCS(=O)(=O)O)cc2nc71. The maximum absolute atomic E-state index is 14.7. The highest BCUT2D eigenvalue weighted by Crippen LogP contribution is 2.46. The number of aromatic nitrogens is 4. The van der Waals surface area contributed by atoms with Crippen LogP contribution in [-0.4, -0.2) is 130 Å². The molecule has 0 saturated heterocycles. The highest BCUT2D eigenvalue weighted by Gasteiger charge is 2.25. The van der Waals surface area contributed by atoms with Gasteiger partial charge < -0.3 is 20.4 Å². The average Bonchev–Trinajstić information content (AvgIpc) is 3.99. The van der Waals surface area contributed by atoms with E-state index in [0.717, 1.165) is 53.9 Å². The van der Waals surface area contributed by atoms with Gasteiger partial charge in [-0.3, -0.25) is 37.1 Å². The molecule has 11 rings (SSSR count). The minimum absolute atomic E-state index is 0.0676. The Morgan fingerprint density at radius 2 is 0.905 bits per heavy atom. The molecule has 0 unspecified atom stereocenters. The first-order valence-corrected chi connectivity index (χ1v) is 27.4. The molecule has 18 nitrogen and oxygen atoms in total. The monoisotopic (exact) mass is 1030 g/mol. The Bertz CT molecular complexity index is 4360. The second-order valence-electron chi connectivity index (χ2n) is 18.8. The molecule has 4 aromatic heterocycles. The first kappa shape index (κ1) is 49.0. The Morgan fingerprint density at radius 1 is 0.500 bits per heavy atom. The Labute approximate surface area is 423 Å². The van der Waals surface area contributed by atoms with Crippen LogP contribution in [0.3, 0.4) is 0 Å². The van der Waals surface area contributed by atoms with Gasteiger partial charge in [-0.25, -0.2) is 9.97 Å². The van der Waals surface area contributed by atoms with Crippen LogP contribution in [0.1, 0.15) is 46.4 Å². The van der Waals surface area contributed by atoms with E-state index in [1.807, 2.05) is 48.5 Å². The lowest BCUT2D eigenvalue weighted by atomic mass is 9.86. The van der Waals surface area contributed by atoms with Crippen LogP contribution < -0.4 is 21.8 Å². The molecule has 74 heavy (non-hydrogen) atoms. The van der Waals surface area contributed by atoms with Crippen LogP contribution in [0.4, 0.5) is 0 Å². The van der Waals surface area contributed by atoms with Crippen molar-refractivity contribution in [1.29, 1.82) is 0 Å². The summed E-state index contributed by atoms with van der Waals surface area (Å²) in [6.07, 6.45) is 1.10. The van der Waals surface area contributed by atoms with E-state index in [2.05, 4.69) is 15.5 Å². The molecule has 4 heterocycles. The number of hydrogen-bond donors (Lipinski definition) is 4. The summed E-state index contributed by atoms with van der Waals surface area (Å²) in [4.78, 5) is 69.9. The van der Waals surface area contributed by atoms with Crippen LogP contribution in [0.15, 0.2) is 94.5 Å². The summed E-state index contributed by atoms with van der Waals surface area (Å²) >= 11 is 0. The minimum Gasteiger partial charge on any atom is -0.351 e. The lowest BCUT2D eigenvalue weighted by molar-refractivity contribution is 0.0940. The molecule has 7 aromatic carbocycles. The first-order valence-electron chi connectivity index (χ1n) is 24.2. The van der Waals surface area contributed by atoms with Crippen molar-refractivity contribution in [1.82, 2.24) is 39.2 Å². The summed E-state index contributed by atoms with van der Waals surface area (Å²) in [5.74, 6) is -1.69. The van der Waals surface area contributed by atoms with E-state index in [-0.39, 0.29) is 61.6 Å². The quantitative estimate of drug-likeness (QED) is 0.0385. The number of pyridine rings is 2. The van der Waals surface area contributed by atoms with Gasteiger partial charge in [-0.1, -0.05) is 24.3 Å². The number of nitrogens with one attached hydrogen (secondary N) is 2. The fraction of sp³-hybridized carbons (Fsp3) is 0.259. The molecule has 2 amide bonds. The number of imidazole rings is 2. The van der Waals surface area contributed by atoms with E-state index in [9.17, 15) is 36.0 Å². The predicted octanol–water partition coefficient (Wildman–Crippen LogP) is 6.06. The van der Waals surface area contributed by atoms with E-state index >= 15 is 0 Å². The van der Waals surface area contributed by atoms with Gasteiger partial charge >= 0.3 is 0 Å². The fourth-order valence-corrected chi connectivity index (χ4v) is 11.9. The van der Waals surface area contributed by atoms with E-state index < -0.39 is 37.6 Å². The van der Waals surface area contributed by atoms with Crippen molar-refractivity contribution >= 4 is 130 Å². The third-order valence-electron chi connectivity index (χ3n) is 14.2. The molecular formula is C54H48N8O10S2. The Morgan fingerprint density at radius 3 is 1.39 bits per heavy atom. The topological polar surface area (TPSA) is 242 Å². The zero-order valence-corrected chi connectivity index (χ0v) is 41.4. The molecule has 0 aliphatic heterocycles. The predicted molar refractivity (Wildman–Crippen MR) is 288 cm³/mol. The lowest BCUT2D eigenvalue weighted by Crippen LogP contribution is -2.37. The molecule has 4 N–H and O–H groups in total. The number of amides is 2. The molecule has 376 valence electrons. The standard InChI is InChI=1S/C54H48N8O10S2/c1-3-21-59(22-4-2)25-19-56-52(64)32-7-17-41-44(30-32)62-49(57-41)37-13-9-33-34-10-14-38-48-39(15-11-35(46(34)48)36-12-16-40(54(62)66)47(37)45(33)36)53(65)61-43-18-8-31(29-42(43)58-50(38)61)51(63)55-20-26-60(23-5-27-73(67,68)69)24-6-28-74(70,71)72/h1-2,7-18,29-30H,3-6,19-28H2,(H,55,63)(H,56,64)(H,67,68,69)(H,70,71,72). The summed E-state index contributed by atoms with van der Waals surface area (Å²) in [7, 11) is -8.42. The molecule has 0 fully saturated rings. The van der Waals surface area contributed by atoms with Gasteiger partial charge in [0.25, 0.3) is 43.2 Å². The second kappa shape index (κ2) is 18.9. The van der Waals surface area contributed by atoms with Gasteiger partial charge in [0.05, 0.1) is 33.6 Å². The third-order valence-corrected chi connectivity index (χ3v) is 15.8. The number of fused-ring (bicyclic) bond motifs is 10. The molecular weight excluding hydrogens is 985 g/mol. The van der Waals surface area contributed by atoms with E-state index in [0.29, 0.717) is 88.7 Å². The molecule has 0 aliphatic rings. The fourth-order valence-electron chi connectivity index (χ4n) is 10.9. The van der Waals surface area contributed by atoms with E-state index in [1.54, 1.807) is 50.1 Å². The average molecular weight is 1030 g/mol. The van der Waals surface area contributed by atoms with Crippen molar-refractivity contribution in [3.63, 3.8) is 0 Å². The Kier molecular flexibility index (Phi) is 12.5. The molecule has 0 atom stereocenters. The number of benzene rings is 7.